The van der Waals surface area contributed by atoms with Crippen LogP contribution >= 0.6 is 23.2 Å². The van der Waals surface area contributed by atoms with E-state index < -0.39 is 0 Å². The van der Waals surface area contributed by atoms with Gasteiger partial charge in [-0.05, 0) is 55.7 Å². The van der Waals surface area contributed by atoms with Crippen LogP contribution in [0.4, 0.5) is 23.5 Å². The zero-order chi connectivity index (χ0) is 24.0. The summed E-state index contributed by atoms with van der Waals surface area (Å²) in [7, 11) is 0. The monoisotopic (exact) mass is 507 g/mol. The molecule has 0 spiro atoms. The molecular weight excluding hydrogens is 485 g/mol. The van der Waals surface area contributed by atoms with Gasteiger partial charge >= 0.3 is 0 Å². The summed E-state index contributed by atoms with van der Waals surface area (Å²) in [5.41, 5.74) is 1.61. The van der Waals surface area contributed by atoms with Crippen molar-refractivity contribution in [3.8, 4) is 11.3 Å². The molecule has 1 N–H and O–H groups in total. The molecule has 1 fully saturated rings. The van der Waals surface area contributed by atoms with Gasteiger partial charge in [0.25, 0.3) is 5.95 Å². The summed E-state index contributed by atoms with van der Waals surface area (Å²) in [5, 5.41) is 12.7. The number of nitrogens with zero attached hydrogens (tertiary/aromatic N) is 6. The second-order valence-corrected chi connectivity index (χ2v) is 8.85. The van der Waals surface area contributed by atoms with Crippen molar-refractivity contribution in [2.75, 3.05) is 23.3 Å². The smallest absolute Gasteiger partial charge is 0.275 e. The van der Waals surface area contributed by atoms with E-state index in [1.165, 1.54) is 6.42 Å². The average Bonchev–Trinajstić information content (AvgIpc) is 3.35. The third kappa shape index (κ3) is 5.78. The van der Waals surface area contributed by atoms with Crippen molar-refractivity contribution in [1.29, 1.82) is 0 Å². The second kappa shape index (κ2) is 10.8. The number of benzene rings is 2. The van der Waals surface area contributed by atoms with Gasteiger partial charge in [-0.2, -0.15) is 20.1 Å². The highest BCUT2D eigenvalue weighted by molar-refractivity contribution is 6.43. The fraction of sp³-hybridized carbons (Fsp3) is 0.240. The highest BCUT2D eigenvalue weighted by Crippen LogP contribution is 2.34. The summed E-state index contributed by atoms with van der Waals surface area (Å²) in [6.45, 7) is 2.05. The lowest BCUT2D eigenvalue weighted by atomic mass is 10.1. The number of halogens is 2. The summed E-state index contributed by atoms with van der Waals surface area (Å²) in [4.78, 5) is 15.8. The molecule has 8 nitrogen and oxygen atoms in total. The van der Waals surface area contributed by atoms with Gasteiger partial charge in [-0.3, -0.25) is 0 Å². The topological polar surface area (TPSA) is 91.8 Å². The highest BCUT2D eigenvalue weighted by atomic mass is 35.5. The van der Waals surface area contributed by atoms with Crippen molar-refractivity contribution in [3.05, 3.63) is 76.5 Å². The standard InChI is InChI=1S/C25H23Cl2N7O/c26-20-11-7-10-19(22(20)27)21-13-12-18(35-21)16-28-33-24-30-23(29-17-8-3-1-4-9-17)31-25(32-24)34-14-5-2-6-15-34/h1,3-4,7-13H,2,5-6,14-16H2,(H,29,30,31,32). The first-order valence-corrected chi connectivity index (χ1v) is 12.1. The number of rotatable bonds is 7. The van der Waals surface area contributed by atoms with Gasteiger partial charge in [0.1, 0.15) is 18.1 Å². The van der Waals surface area contributed by atoms with Crippen molar-refractivity contribution in [2.45, 2.75) is 25.8 Å². The van der Waals surface area contributed by atoms with Crippen molar-refractivity contribution in [3.63, 3.8) is 0 Å². The molecule has 0 amide bonds. The van der Waals surface area contributed by atoms with Gasteiger partial charge in [-0.1, -0.05) is 47.5 Å². The minimum atomic E-state index is 0.227. The lowest BCUT2D eigenvalue weighted by Crippen LogP contribution is -2.31. The Morgan fingerprint density at radius 2 is 1.71 bits per heavy atom. The van der Waals surface area contributed by atoms with Gasteiger partial charge in [0.15, 0.2) is 0 Å². The van der Waals surface area contributed by atoms with Crippen LogP contribution in [0.2, 0.25) is 10.0 Å². The lowest BCUT2D eigenvalue weighted by molar-refractivity contribution is 0.522. The van der Waals surface area contributed by atoms with Gasteiger partial charge in [-0.25, -0.2) is 0 Å². The first kappa shape index (κ1) is 23.3. The molecule has 0 saturated carbocycles. The molecule has 1 aliphatic rings. The van der Waals surface area contributed by atoms with Gasteiger partial charge in [0, 0.05) is 24.3 Å². The number of hydrogen-bond donors (Lipinski definition) is 1. The molecule has 0 aliphatic carbocycles. The molecule has 3 heterocycles. The van der Waals surface area contributed by atoms with E-state index >= 15 is 0 Å². The van der Waals surface area contributed by atoms with Crippen LogP contribution < -0.4 is 10.2 Å². The SMILES string of the molecule is Clc1cccc(-c2ccc(CN=Nc3nc(Nc4ccccc4)nc(N4CCCCC4)n3)o2)c1Cl. The maximum atomic E-state index is 6.31. The molecule has 0 atom stereocenters. The fourth-order valence-electron chi connectivity index (χ4n) is 3.81. The molecule has 178 valence electrons. The molecule has 5 rings (SSSR count). The highest BCUT2D eigenvalue weighted by Gasteiger charge is 2.17. The van der Waals surface area contributed by atoms with Crippen molar-refractivity contribution in [2.24, 2.45) is 10.2 Å². The Bertz CT molecular complexity index is 1320. The average molecular weight is 508 g/mol. The van der Waals surface area contributed by atoms with E-state index in [4.69, 9.17) is 27.6 Å². The Hall–Kier alpha value is -3.49. The second-order valence-electron chi connectivity index (χ2n) is 8.06. The number of nitrogens with one attached hydrogen (secondary N) is 1. The summed E-state index contributed by atoms with van der Waals surface area (Å²) < 4.78 is 5.89. The van der Waals surface area contributed by atoms with Crippen molar-refractivity contribution >= 4 is 46.7 Å². The minimum Gasteiger partial charge on any atom is -0.459 e. The van der Waals surface area contributed by atoms with E-state index in [0.717, 1.165) is 37.2 Å². The summed E-state index contributed by atoms with van der Waals surface area (Å²) >= 11 is 12.4. The normalized spacial score (nSPS) is 13.9. The molecule has 0 unspecified atom stereocenters. The zero-order valence-corrected chi connectivity index (χ0v) is 20.4. The van der Waals surface area contributed by atoms with Crippen LogP contribution in [0.15, 0.2) is 75.3 Å². The zero-order valence-electron chi connectivity index (χ0n) is 18.9. The van der Waals surface area contributed by atoms with Crippen LogP contribution in [0, 0.1) is 0 Å². The fourth-order valence-corrected chi connectivity index (χ4v) is 4.20. The third-order valence-electron chi connectivity index (χ3n) is 5.55. The van der Waals surface area contributed by atoms with Gasteiger partial charge in [-0.15, -0.1) is 5.11 Å². The van der Waals surface area contributed by atoms with Crippen LogP contribution in [0.1, 0.15) is 25.0 Å². The molecule has 0 radical (unpaired) electrons. The number of para-hydroxylation sites is 1. The molecule has 1 saturated heterocycles. The van der Waals surface area contributed by atoms with E-state index in [1.54, 1.807) is 6.07 Å². The van der Waals surface area contributed by atoms with Gasteiger partial charge in [0.2, 0.25) is 11.9 Å². The van der Waals surface area contributed by atoms with Crippen molar-refractivity contribution < 1.29 is 4.42 Å². The Morgan fingerprint density at radius 1 is 0.886 bits per heavy atom. The van der Waals surface area contributed by atoms with Crippen LogP contribution in [-0.2, 0) is 6.54 Å². The van der Waals surface area contributed by atoms with E-state index in [1.807, 2.05) is 54.6 Å². The maximum absolute atomic E-state index is 6.31. The number of hydrogen-bond acceptors (Lipinski definition) is 8. The molecule has 35 heavy (non-hydrogen) atoms. The largest absolute Gasteiger partial charge is 0.459 e. The van der Waals surface area contributed by atoms with Gasteiger partial charge in [0.05, 0.1) is 10.0 Å². The number of furan rings is 1. The first-order valence-electron chi connectivity index (χ1n) is 11.4. The number of aromatic nitrogens is 3. The summed E-state index contributed by atoms with van der Waals surface area (Å²) in [6.07, 6.45) is 3.44. The maximum Gasteiger partial charge on any atom is 0.275 e. The van der Waals surface area contributed by atoms with Crippen LogP contribution in [-0.4, -0.2) is 28.0 Å². The lowest BCUT2D eigenvalue weighted by Gasteiger charge is -2.26. The van der Waals surface area contributed by atoms with Gasteiger partial charge < -0.3 is 14.6 Å². The first-order chi connectivity index (χ1) is 17.2. The predicted molar refractivity (Wildman–Crippen MR) is 138 cm³/mol. The van der Waals surface area contributed by atoms with Crippen LogP contribution in [0.3, 0.4) is 0 Å². The molecular formula is C25H23Cl2N7O. The number of anilines is 3. The summed E-state index contributed by atoms with van der Waals surface area (Å²) in [5.74, 6) is 2.51. The number of piperidine rings is 1. The third-order valence-corrected chi connectivity index (χ3v) is 6.36. The van der Waals surface area contributed by atoms with E-state index in [0.29, 0.717) is 33.5 Å². The van der Waals surface area contributed by atoms with Crippen LogP contribution in [0.5, 0.6) is 0 Å². The van der Waals surface area contributed by atoms with Crippen molar-refractivity contribution in [1.82, 2.24) is 15.0 Å². The molecule has 0 bridgehead atoms. The molecule has 10 heteroatoms. The quantitative estimate of drug-likeness (QED) is 0.261. The Labute approximate surface area is 213 Å². The molecule has 2 aromatic heterocycles. The molecule has 2 aromatic carbocycles. The minimum absolute atomic E-state index is 0.227. The van der Waals surface area contributed by atoms with E-state index in [2.05, 4.69) is 35.4 Å². The Balaban J connectivity index is 1.35. The van der Waals surface area contributed by atoms with Crippen LogP contribution in [0.25, 0.3) is 11.3 Å². The predicted octanol–water partition coefficient (Wildman–Crippen LogP) is 7.46. The molecule has 4 aromatic rings. The summed E-state index contributed by atoms with van der Waals surface area (Å²) in [6, 6.07) is 18.8. The Kier molecular flexibility index (Phi) is 7.20. The van der Waals surface area contributed by atoms with E-state index in [9.17, 15) is 0 Å². The molecule has 1 aliphatic heterocycles. The number of azo groups is 1. The van der Waals surface area contributed by atoms with E-state index in [-0.39, 0.29) is 12.5 Å². The Morgan fingerprint density at radius 3 is 2.54 bits per heavy atom.